The minimum Gasteiger partial charge on any atom is -0.378 e. The molecule has 0 aliphatic rings. The van der Waals surface area contributed by atoms with Gasteiger partial charge in [0.15, 0.2) is 5.17 Å². The molecule has 0 amide bonds. The summed E-state index contributed by atoms with van der Waals surface area (Å²) in [5.74, 6) is 0.314. The average Bonchev–Trinajstić information content (AvgIpc) is 2.10. The lowest BCUT2D eigenvalue weighted by Gasteiger charge is -2.15. The summed E-state index contributed by atoms with van der Waals surface area (Å²) in [5.41, 5.74) is 5.26. The summed E-state index contributed by atoms with van der Waals surface area (Å²) in [7, 11) is 0. The van der Waals surface area contributed by atoms with Crippen LogP contribution in [-0.4, -0.2) is 10.2 Å². The van der Waals surface area contributed by atoms with Gasteiger partial charge in [0.05, 0.1) is 5.04 Å². The van der Waals surface area contributed by atoms with Crippen molar-refractivity contribution in [1.82, 2.24) is 0 Å². The van der Waals surface area contributed by atoms with Gasteiger partial charge in [-0.2, -0.15) is 0 Å². The number of unbranched alkanes of at least 4 members (excludes halogenated alkanes) is 1. The van der Waals surface area contributed by atoms with Crippen molar-refractivity contribution in [3.63, 3.8) is 0 Å². The Morgan fingerprint density at radius 3 is 2.29 bits per heavy atom. The van der Waals surface area contributed by atoms with Crippen LogP contribution in [0.2, 0.25) is 0 Å². The van der Waals surface area contributed by atoms with Crippen molar-refractivity contribution < 1.29 is 0 Å². The molecule has 0 aliphatic carbocycles. The number of nitrogens with two attached hydrogens (primary N) is 1. The van der Waals surface area contributed by atoms with E-state index in [1.165, 1.54) is 0 Å². The number of hydrogen-bond acceptors (Lipinski definition) is 3. The average molecular weight is 215 g/mol. The van der Waals surface area contributed by atoms with Crippen molar-refractivity contribution in [2.24, 2.45) is 11.7 Å². The highest BCUT2D eigenvalue weighted by atomic mass is 32.2. The van der Waals surface area contributed by atoms with Crippen molar-refractivity contribution in [2.75, 3.05) is 0 Å². The Labute approximate surface area is 90.9 Å². The van der Waals surface area contributed by atoms with Gasteiger partial charge in [-0.15, -0.1) is 0 Å². The largest absolute Gasteiger partial charge is 0.378 e. The quantitative estimate of drug-likeness (QED) is 0.470. The van der Waals surface area contributed by atoms with E-state index in [4.69, 9.17) is 16.6 Å². The fourth-order valence-electron chi connectivity index (χ4n) is 1.41. The maximum absolute atomic E-state index is 7.80. The Kier molecular flexibility index (Phi) is 7.57. The molecule has 4 heteroatoms. The lowest BCUT2D eigenvalue weighted by atomic mass is 9.98. The van der Waals surface area contributed by atoms with Crippen molar-refractivity contribution in [3.05, 3.63) is 0 Å². The molecule has 0 spiro atoms. The van der Waals surface area contributed by atoms with Crippen LogP contribution in [0.3, 0.4) is 0 Å². The molecule has 0 aromatic rings. The molecule has 0 saturated carbocycles. The Morgan fingerprint density at radius 1 is 1.21 bits per heavy atom. The van der Waals surface area contributed by atoms with Crippen molar-refractivity contribution in [2.45, 2.75) is 46.0 Å². The van der Waals surface area contributed by atoms with E-state index >= 15 is 0 Å². The van der Waals surface area contributed by atoms with Crippen LogP contribution in [0.4, 0.5) is 0 Å². The topological polar surface area (TPSA) is 73.7 Å². The van der Waals surface area contributed by atoms with Crippen molar-refractivity contribution >= 4 is 22.0 Å². The predicted octanol–water partition coefficient (Wildman–Crippen LogP) is 3.20. The molecule has 82 valence electrons. The third kappa shape index (κ3) is 6.02. The third-order valence-corrected chi connectivity index (χ3v) is 2.91. The highest BCUT2D eigenvalue weighted by Gasteiger charge is 2.14. The summed E-state index contributed by atoms with van der Waals surface area (Å²) in [4.78, 5) is 0. The molecule has 0 saturated heterocycles. The molecular weight excluding hydrogens is 194 g/mol. The van der Waals surface area contributed by atoms with Crippen LogP contribution >= 0.6 is 11.8 Å². The SMILES string of the molecule is CCCCC(CCC)C(=N)SC(=N)N. The monoisotopic (exact) mass is 215 g/mol. The fraction of sp³-hybridized carbons (Fsp3) is 0.800. The second-order valence-corrected chi connectivity index (χ2v) is 4.54. The predicted molar refractivity (Wildman–Crippen MR) is 65.2 cm³/mol. The van der Waals surface area contributed by atoms with Gasteiger partial charge < -0.3 is 5.73 Å². The molecule has 1 atom stereocenters. The van der Waals surface area contributed by atoms with E-state index in [0.29, 0.717) is 11.0 Å². The summed E-state index contributed by atoms with van der Waals surface area (Å²) in [6.07, 6.45) is 5.52. The second kappa shape index (κ2) is 7.85. The molecule has 3 nitrogen and oxygen atoms in total. The van der Waals surface area contributed by atoms with Crippen molar-refractivity contribution in [1.29, 1.82) is 10.8 Å². The third-order valence-electron chi connectivity index (χ3n) is 2.13. The van der Waals surface area contributed by atoms with Crippen molar-refractivity contribution in [3.8, 4) is 0 Å². The molecule has 0 heterocycles. The van der Waals surface area contributed by atoms with Gasteiger partial charge >= 0.3 is 0 Å². The molecule has 4 N–H and O–H groups in total. The first-order valence-corrected chi connectivity index (χ1v) is 6.03. The maximum Gasteiger partial charge on any atom is 0.157 e. The molecule has 0 aromatic heterocycles. The molecule has 14 heavy (non-hydrogen) atoms. The molecule has 1 unspecified atom stereocenters. The first kappa shape index (κ1) is 13.5. The molecule has 0 radical (unpaired) electrons. The summed E-state index contributed by atoms with van der Waals surface area (Å²) in [6.45, 7) is 4.29. The van der Waals surface area contributed by atoms with E-state index in [1.54, 1.807) is 0 Å². The Hall–Kier alpha value is -0.510. The number of amidine groups is 1. The van der Waals surface area contributed by atoms with Crippen LogP contribution in [0, 0.1) is 16.7 Å². The smallest absolute Gasteiger partial charge is 0.157 e. The molecule has 0 rings (SSSR count). The van der Waals surface area contributed by atoms with E-state index in [0.717, 1.165) is 43.9 Å². The standard InChI is InChI=1S/C10H21N3S/c1-3-5-7-8(6-4-2)9(11)14-10(12)13/h8,11H,3-7H2,1-2H3,(H3,12,13). The van der Waals surface area contributed by atoms with E-state index in [2.05, 4.69) is 13.8 Å². The number of nitrogens with one attached hydrogen (secondary N) is 2. The number of rotatable bonds is 6. The summed E-state index contributed by atoms with van der Waals surface area (Å²) < 4.78 is 0. The van der Waals surface area contributed by atoms with Gasteiger partial charge in [-0.1, -0.05) is 33.1 Å². The van der Waals surface area contributed by atoms with Gasteiger partial charge in [0.2, 0.25) is 0 Å². The fourth-order valence-corrected chi connectivity index (χ4v) is 2.05. The highest BCUT2D eigenvalue weighted by molar-refractivity contribution is 8.26. The maximum atomic E-state index is 7.80. The normalized spacial score (nSPS) is 12.4. The number of hydrogen-bond donors (Lipinski definition) is 3. The molecule has 0 aromatic carbocycles. The van der Waals surface area contributed by atoms with E-state index < -0.39 is 0 Å². The van der Waals surface area contributed by atoms with Gasteiger partial charge in [0.1, 0.15) is 0 Å². The summed E-state index contributed by atoms with van der Waals surface area (Å²) in [6, 6.07) is 0. The van der Waals surface area contributed by atoms with Gasteiger partial charge in [-0.25, -0.2) is 0 Å². The zero-order valence-electron chi connectivity index (χ0n) is 9.10. The van der Waals surface area contributed by atoms with Crippen LogP contribution in [0.1, 0.15) is 46.0 Å². The molecule has 0 bridgehead atoms. The first-order chi connectivity index (χ1) is 6.61. The van der Waals surface area contributed by atoms with Gasteiger partial charge in [0.25, 0.3) is 0 Å². The lowest BCUT2D eigenvalue weighted by Crippen LogP contribution is -2.15. The second-order valence-electron chi connectivity index (χ2n) is 3.46. The first-order valence-electron chi connectivity index (χ1n) is 5.22. The molecule has 0 aliphatic heterocycles. The summed E-state index contributed by atoms with van der Waals surface area (Å²) in [5, 5.41) is 15.5. The van der Waals surface area contributed by atoms with Crippen LogP contribution in [0.25, 0.3) is 0 Å². The zero-order valence-corrected chi connectivity index (χ0v) is 9.91. The lowest BCUT2D eigenvalue weighted by molar-refractivity contribution is 0.542. The number of thioether (sulfide) groups is 1. The van der Waals surface area contributed by atoms with Gasteiger partial charge in [-0.3, -0.25) is 10.8 Å². The highest BCUT2D eigenvalue weighted by Crippen LogP contribution is 2.21. The van der Waals surface area contributed by atoms with E-state index in [-0.39, 0.29) is 5.17 Å². The Bertz CT molecular complexity index is 192. The minimum absolute atomic E-state index is 0.0348. The van der Waals surface area contributed by atoms with Crippen LogP contribution < -0.4 is 5.73 Å². The summed E-state index contributed by atoms with van der Waals surface area (Å²) >= 11 is 1.10. The van der Waals surface area contributed by atoms with Gasteiger partial charge in [-0.05, 0) is 24.6 Å². The van der Waals surface area contributed by atoms with Crippen LogP contribution in [0.5, 0.6) is 0 Å². The van der Waals surface area contributed by atoms with Gasteiger partial charge in [0, 0.05) is 5.92 Å². The molecule has 0 fully saturated rings. The van der Waals surface area contributed by atoms with E-state index in [1.807, 2.05) is 0 Å². The molecular formula is C10H21N3S. The Morgan fingerprint density at radius 2 is 1.86 bits per heavy atom. The Balaban J connectivity index is 4.03. The van der Waals surface area contributed by atoms with Crippen LogP contribution in [0.15, 0.2) is 0 Å². The van der Waals surface area contributed by atoms with Crippen LogP contribution in [-0.2, 0) is 0 Å². The zero-order chi connectivity index (χ0) is 11.0. The minimum atomic E-state index is 0.0348. The van der Waals surface area contributed by atoms with E-state index in [9.17, 15) is 0 Å².